The van der Waals surface area contributed by atoms with Crippen LogP contribution < -0.4 is 10.6 Å². The molecule has 1 aromatic carbocycles. The van der Waals surface area contributed by atoms with Crippen molar-refractivity contribution in [2.45, 2.75) is 13.5 Å². The van der Waals surface area contributed by atoms with E-state index in [0.29, 0.717) is 5.57 Å². The lowest BCUT2D eigenvalue weighted by molar-refractivity contribution is -0.112. The predicted molar refractivity (Wildman–Crippen MR) is 97.7 cm³/mol. The summed E-state index contributed by atoms with van der Waals surface area (Å²) in [5.41, 5.74) is 4.42. The van der Waals surface area contributed by atoms with Gasteiger partial charge in [0.05, 0.1) is 11.9 Å². The van der Waals surface area contributed by atoms with Crippen molar-refractivity contribution in [1.29, 1.82) is 0 Å². The molecule has 0 bridgehead atoms. The van der Waals surface area contributed by atoms with Crippen LogP contribution in [0.15, 0.2) is 42.6 Å². The van der Waals surface area contributed by atoms with E-state index in [1.807, 2.05) is 37.5 Å². The number of anilines is 1. The fourth-order valence-electron chi connectivity index (χ4n) is 2.31. The Labute approximate surface area is 143 Å². The first-order valence-corrected chi connectivity index (χ1v) is 7.94. The van der Waals surface area contributed by atoms with Gasteiger partial charge >= 0.3 is 0 Å². The second-order valence-electron chi connectivity index (χ2n) is 5.92. The number of benzene rings is 1. The number of aromatic amines is 1. The van der Waals surface area contributed by atoms with E-state index in [4.69, 9.17) is 0 Å². The molecule has 0 aliphatic carbocycles. The Balaban J connectivity index is 2.08. The molecule has 0 fully saturated rings. The number of nitrogens with zero attached hydrogens (tertiary/aromatic N) is 2. The van der Waals surface area contributed by atoms with Gasteiger partial charge in [-0.15, -0.1) is 0 Å². The second kappa shape index (κ2) is 8.42. The molecule has 0 unspecified atom stereocenters. The molecule has 2 rings (SSSR count). The first kappa shape index (κ1) is 17.9. The summed E-state index contributed by atoms with van der Waals surface area (Å²) in [7, 11) is 4.04. The highest BCUT2D eigenvalue weighted by molar-refractivity contribution is 6.02. The highest BCUT2D eigenvalue weighted by atomic mass is 16.1. The van der Waals surface area contributed by atoms with Crippen LogP contribution in [0.1, 0.15) is 12.5 Å². The monoisotopic (exact) mass is 327 g/mol. The van der Waals surface area contributed by atoms with Crippen molar-refractivity contribution >= 4 is 11.6 Å². The highest BCUT2D eigenvalue weighted by Gasteiger charge is 2.10. The Morgan fingerprint density at radius 1 is 1.33 bits per heavy atom. The van der Waals surface area contributed by atoms with E-state index in [1.165, 1.54) is 0 Å². The van der Waals surface area contributed by atoms with Gasteiger partial charge < -0.3 is 15.5 Å². The zero-order valence-electron chi connectivity index (χ0n) is 14.5. The van der Waals surface area contributed by atoms with Crippen molar-refractivity contribution in [3.05, 3.63) is 48.2 Å². The van der Waals surface area contributed by atoms with Gasteiger partial charge in [0.2, 0.25) is 0 Å². The van der Waals surface area contributed by atoms with Gasteiger partial charge in [0.15, 0.2) is 0 Å². The van der Waals surface area contributed by atoms with Crippen molar-refractivity contribution in [2.75, 3.05) is 32.5 Å². The number of hydrogen-bond acceptors (Lipinski definition) is 4. The summed E-state index contributed by atoms with van der Waals surface area (Å²) in [4.78, 5) is 13.9. The van der Waals surface area contributed by atoms with E-state index < -0.39 is 0 Å². The molecular formula is C18H25N5O. The van der Waals surface area contributed by atoms with Crippen LogP contribution in [-0.4, -0.2) is 48.2 Å². The number of carbonyl (C=O) groups excluding carboxylic acids is 1. The number of aromatic nitrogens is 2. The Hall–Kier alpha value is -2.44. The Kier molecular flexibility index (Phi) is 6.28. The molecule has 6 nitrogen and oxygen atoms in total. The molecule has 1 amide bonds. The molecule has 0 saturated heterocycles. The van der Waals surface area contributed by atoms with Crippen LogP contribution >= 0.6 is 0 Å². The SMILES string of the molecule is C=C(C)C(=O)Nc1ccc(-c2[nH]ncc2CN(C)CCNC)cc1. The number of H-pyrrole nitrogens is 1. The quantitative estimate of drug-likeness (QED) is 0.650. The summed E-state index contributed by atoms with van der Waals surface area (Å²) < 4.78 is 0. The normalized spacial score (nSPS) is 10.8. The largest absolute Gasteiger partial charge is 0.322 e. The molecule has 1 aromatic heterocycles. The third-order valence-corrected chi connectivity index (χ3v) is 3.72. The van der Waals surface area contributed by atoms with Crippen LogP contribution in [0.4, 0.5) is 5.69 Å². The fourth-order valence-corrected chi connectivity index (χ4v) is 2.31. The lowest BCUT2D eigenvalue weighted by Crippen LogP contribution is -2.26. The van der Waals surface area contributed by atoms with Crippen LogP contribution in [0.2, 0.25) is 0 Å². The minimum absolute atomic E-state index is 0.170. The third-order valence-electron chi connectivity index (χ3n) is 3.72. The molecule has 24 heavy (non-hydrogen) atoms. The van der Waals surface area contributed by atoms with Crippen LogP contribution in [-0.2, 0) is 11.3 Å². The van der Waals surface area contributed by atoms with E-state index in [9.17, 15) is 4.79 Å². The molecule has 0 aliphatic rings. The molecule has 2 aromatic rings. The summed E-state index contributed by atoms with van der Waals surface area (Å²) in [6, 6.07) is 7.70. The van der Waals surface area contributed by atoms with Gasteiger partial charge in [0.1, 0.15) is 0 Å². The standard InChI is InChI=1S/C18H25N5O/c1-13(2)18(24)21-16-7-5-14(6-8-16)17-15(11-20-22-17)12-23(4)10-9-19-3/h5-8,11,19H,1,9-10,12H2,2-4H3,(H,20,22)(H,21,24). The van der Waals surface area contributed by atoms with Crippen molar-refractivity contribution in [3.8, 4) is 11.3 Å². The van der Waals surface area contributed by atoms with Crippen molar-refractivity contribution in [2.24, 2.45) is 0 Å². The summed E-state index contributed by atoms with van der Waals surface area (Å²) >= 11 is 0. The van der Waals surface area contributed by atoms with Crippen molar-refractivity contribution in [1.82, 2.24) is 20.4 Å². The number of likely N-dealkylation sites (N-methyl/N-ethyl adjacent to an activating group) is 2. The average Bonchev–Trinajstić information content (AvgIpc) is 3.01. The zero-order valence-corrected chi connectivity index (χ0v) is 14.5. The fraction of sp³-hybridized carbons (Fsp3) is 0.333. The maximum absolute atomic E-state index is 11.7. The lowest BCUT2D eigenvalue weighted by atomic mass is 10.1. The van der Waals surface area contributed by atoms with Gasteiger partial charge in [-0.05, 0) is 33.2 Å². The highest BCUT2D eigenvalue weighted by Crippen LogP contribution is 2.23. The Morgan fingerprint density at radius 2 is 2.04 bits per heavy atom. The number of nitrogens with one attached hydrogen (secondary N) is 3. The summed E-state index contributed by atoms with van der Waals surface area (Å²) in [6.07, 6.45) is 1.86. The van der Waals surface area contributed by atoms with Gasteiger partial charge in [-0.3, -0.25) is 9.89 Å². The third kappa shape index (κ3) is 4.78. The molecule has 1 heterocycles. The van der Waals surface area contributed by atoms with Gasteiger partial charge in [-0.2, -0.15) is 5.10 Å². The second-order valence-corrected chi connectivity index (χ2v) is 5.92. The van der Waals surface area contributed by atoms with E-state index in [-0.39, 0.29) is 5.91 Å². The van der Waals surface area contributed by atoms with E-state index >= 15 is 0 Å². The van der Waals surface area contributed by atoms with Crippen LogP contribution in [0.3, 0.4) is 0 Å². The van der Waals surface area contributed by atoms with Gasteiger partial charge in [0, 0.05) is 42.0 Å². The van der Waals surface area contributed by atoms with E-state index in [1.54, 1.807) is 6.92 Å². The van der Waals surface area contributed by atoms with Crippen LogP contribution in [0.5, 0.6) is 0 Å². The maximum atomic E-state index is 11.7. The molecule has 0 atom stereocenters. The molecule has 6 heteroatoms. The number of hydrogen-bond donors (Lipinski definition) is 3. The van der Waals surface area contributed by atoms with Gasteiger partial charge in [-0.1, -0.05) is 18.7 Å². The summed E-state index contributed by atoms with van der Waals surface area (Å²) in [5, 5.41) is 13.2. The zero-order chi connectivity index (χ0) is 17.5. The topological polar surface area (TPSA) is 73.0 Å². The predicted octanol–water partition coefficient (Wildman–Crippen LogP) is 2.24. The minimum atomic E-state index is -0.170. The number of carbonyl (C=O) groups is 1. The molecule has 128 valence electrons. The number of rotatable bonds is 8. The maximum Gasteiger partial charge on any atom is 0.250 e. The van der Waals surface area contributed by atoms with E-state index in [2.05, 4.69) is 39.4 Å². The van der Waals surface area contributed by atoms with E-state index in [0.717, 1.165) is 42.1 Å². The summed E-state index contributed by atoms with van der Waals surface area (Å²) in [6.45, 7) is 8.05. The van der Waals surface area contributed by atoms with Gasteiger partial charge in [0.25, 0.3) is 5.91 Å². The first-order chi connectivity index (χ1) is 11.5. The lowest BCUT2D eigenvalue weighted by Gasteiger charge is -2.16. The average molecular weight is 327 g/mol. The summed E-state index contributed by atoms with van der Waals surface area (Å²) in [5.74, 6) is -0.170. The first-order valence-electron chi connectivity index (χ1n) is 7.94. The van der Waals surface area contributed by atoms with Gasteiger partial charge in [-0.25, -0.2) is 0 Å². The molecule has 0 radical (unpaired) electrons. The smallest absolute Gasteiger partial charge is 0.250 e. The molecule has 0 spiro atoms. The van der Waals surface area contributed by atoms with Crippen molar-refractivity contribution < 1.29 is 4.79 Å². The minimum Gasteiger partial charge on any atom is -0.322 e. The van der Waals surface area contributed by atoms with Crippen LogP contribution in [0.25, 0.3) is 11.3 Å². The number of amides is 1. The Morgan fingerprint density at radius 3 is 2.67 bits per heavy atom. The van der Waals surface area contributed by atoms with Crippen molar-refractivity contribution in [3.63, 3.8) is 0 Å². The molecular weight excluding hydrogens is 302 g/mol. The Bertz CT molecular complexity index is 690. The molecule has 0 aliphatic heterocycles. The molecule has 0 saturated carbocycles. The van der Waals surface area contributed by atoms with Crippen LogP contribution in [0, 0.1) is 0 Å². The molecule has 3 N–H and O–H groups in total.